The molecule has 6 nitrogen and oxygen atoms in total. The molecule has 0 heterocycles. The second kappa shape index (κ2) is 67.1. The molecule has 1 unspecified atom stereocenters. The van der Waals surface area contributed by atoms with Gasteiger partial charge >= 0.3 is 17.9 Å². The van der Waals surface area contributed by atoms with Gasteiger partial charge in [0.1, 0.15) is 13.2 Å². The molecule has 0 saturated carbocycles. The van der Waals surface area contributed by atoms with Crippen molar-refractivity contribution in [2.24, 2.45) is 0 Å². The Morgan fingerprint density at radius 1 is 0.256 bits per heavy atom. The van der Waals surface area contributed by atoms with Gasteiger partial charge in [0, 0.05) is 19.3 Å². The standard InChI is InChI=1S/C72H134O6/c1-4-7-10-13-16-19-22-25-27-29-31-32-33-34-35-36-37-38-39-40-41-43-44-47-50-53-56-59-62-65-71(74)77-68-69(67-76-70(73)64-61-58-55-52-49-46-24-21-18-15-12-9-6-3)78-72(75)66-63-60-57-54-51-48-45-42-30-28-26-23-20-17-14-11-8-5-2/h20,23,28-31,69H,4-19,21-22,24-27,32-68H2,1-3H3/b23-20-,30-28-,31-29-. The Morgan fingerprint density at radius 3 is 0.731 bits per heavy atom. The average Bonchev–Trinajstić information content (AvgIpc) is 3.44. The maximum Gasteiger partial charge on any atom is 0.306 e. The Balaban J connectivity index is 4.18. The van der Waals surface area contributed by atoms with Gasteiger partial charge in [0.25, 0.3) is 0 Å². The zero-order valence-electron chi connectivity index (χ0n) is 52.7. The van der Waals surface area contributed by atoms with Crippen LogP contribution in [0.1, 0.15) is 387 Å². The van der Waals surface area contributed by atoms with Crippen LogP contribution in [0.4, 0.5) is 0 Å². The minimum atomic E-state index is -0.774. The summed E-state index contributed by atoms with van der Waals surface area (Å²) >= 11 is 0. The molecule has 0 aliphatic rings. The van der Waals surface area contributed by atoms with Crippen molar-refractivity contribution in [3.63, 3.8) is 0 Å². The van der Waals surface area contributed by atoms with Crippen LogP contribution in [-0.2, 0) is 28.6 Å². The molecule has 0 aliphatic heterocycles. The predicted molar refractivity (Wildman–Crippen MR) is 339 cm³/mol. The van der Waals surface area contributed by atoms with Gasteiger partial charge in [-0.15, -0.1) is 0 Å². The lowest BCUT2D eigenvalue weighted by atomic mass is 10.0. The van der Waals surface area contributed by atoms with E-state index in [1.54, 1.807) is 0 Å². The molecule has 0 spiro atoms. The van der Waals surface area contributed by atoms with Gasteiger partial charge in [0.2, 0.25) is 0 Å². The van der Waals surface area contributed by atoms with Gasteiger partial charge in [-0.05, 0) is 77.0 Å². The molecule has 78 heavy (non-hydrogen) atoms. The predicted octanol–water partition coefficient (Wildman–Crippen LogP) is 23.9. The maximum absolute atomic E-state index is 12.9. The summed E-state index contributed by atoms with van der Waals surface area (Å²) < 4.78 is 17.0. The van der Waals surface area contributed by atoms with E-state index in [0.717, 1.165) is 70.6 Å². The quantitative estimate of drug-likeness (QED) is 0.0261. The van der Waals surface area contributed by atoms with Crippen LogP contribution >= 0.6 is 0 Å². The van der Waals surface area contributed by atoms with Gasteiger partial charge in [-0.3, -0.25) is 14.4 Å². The SMILES string of the molecule is CCCCCC/C=C\C/C=C\CCCCCCCCCC(=O)OC(COC(=O)CCCCCCCCCCCCCCC)COC(=O)CCCCCCCCCCCCCCCCCCC/C=C\CCCCCCCCCC. The summed E-state index contributed by atoms with van der Waals surface area (Å²) in [4.78, 5) is 38.4. The second-order valence-electron chi connectivity index (χ2n) is 23.8. The number of hydrogen-bond donors (Lipinski definition) is 0. The van der Waals surface area contributed by atoms with Gasteiger partial charge < -0.3 is 14.2 Å². The number of carbonyl (C=O) groups excluding carboxylic acids is 3. The monoisotopic (exact) mass is 1100 g/mol. The van der Waals surface area contributed by atoms with E-state index in [0.29, 0.717) is 19.3 Å². The van der Waals surface area contributed by atoms with Crippen molar-refractivity contribution in [1.82, 2.24) is 0 Å². The fraction of sp³-hybridized carbons (Fsp3) is 0.875. The summed E-state index contributed by atoms with van der Waals surface area (Å²) in [6.45, 7) is 6.68. The Labute approximate surface area is 486 Å². The third-order valence-corrected chi connectivity index (χ3v) is 15.9. The maximum atomic E-state index is 12.9. The zero-order chi connectivity index (χ0) is 56.4. The molecule has 0 bridgehead atoms. The van der Waals surface area contributed by atoms with Crippen molar-refractivity contribution in [2.45, 2.75) is 393 Å². The van der Waals surface area contributed by atoms with Crippen LogP contribution in [0.15, 0.2) is 36.5 Å². The zero-order valence-corrected chi connectivity index (χ0v) is 52.7. The van der Waals surface area contributed by atoms with Crippen LogP contribution in [0, 0.1) is 0 Å². The molecule has 0 aromatic carbocycles. The molecule has 0 aliphatic carbocycles. The summed E-state index contributed by atoms with van der Waals surface area (Å²) in [5.41, 5.74) is 0. The number of hydrogen-bond acceptors (Lipinski definition) is 6. The molecule has 0 amide bonds. The Hall–Kier alpha value is -2.37. The number of ether oxygens (including phenoxy) is 3. The lowest BCUT2D eigenvalue weighted by molar-refractivity contribution is -0.167. The highest BCUT2D eigenvalue weighted by Gasteiger charge is 2.19. The highest BCUT2D eigenvalue weighted by Crippen LogP contribution is 2.18. The van der Waals surface area contributed by atoms with Gasteiger partial charge in [0.05, 0.1) is 0 Å². The highest BCUT2D eigenvalue weighted by atomic mass is 16.6. The molecule has 6 heteroatoms. The summed E-state index contributed by atoms with van der Waals surface area (Å²) in [7, 11) is 0. The first-order valence-corrected chi connectivity index (χ1v) is 35.0. The van der Waals surface area contributed by atoms with E-state index in [-0.39, 0.29) is 31.1 Å². The van der Waals surface area contributed by atoms with Gasteiger partial charge in [-0.2, -0.15) is 0 Å². The topological polar surface area (TPSA) is 78.9 Å². The van der Waals surface area contributed by atoms with Gasteiger partial charge in [-0.1, -0.05) is 327 Å². The van der Waals surface area contributed by atoms with Crippen LogP contribution in [0.25, 0.3) is 0 Å². The first kappa shape index (κ1) is 75.6. The third-order valence-electron chi connectivity index (χ3n) is 15.9. The van der Waals surface area contributed by atoms with Gasteiger partial charge in [-0.25, -0.2) is 0 Å². The van der Waals surface area contributed by atoms with Crippen molar-refractivity contribution in [3.8, 4) is 0 Å². The first-order chi connectivity index (χ1) is 38.5. The molecule has 0 rings (SSSR count). The molecular formula is C72H134O6. The molecule has 1 atom stereocenters. The molecule has 0 radical (unpaired) electrons. The molecule has 0 aromatic heterocycles. The van der Waals surface area contributed by atoms with E-state index in [2.05, 4.69) is 57.2 Å². The van der Waals surface area contributed by atoms with Crippen molar-refractivity contribution in [1.29, 1.82) is 0 Å². The van der Waals surface area contributed by atoms with Crippen LogP contribution in [-0.4, -0.2) is 37.2 Å². The molecule has 0 N–H and O–H groups in total. The van der Waals surface area contributed by atoms with Crippen LogP contribution < -0.4 is 0 Å². The normalized spacial score (nSPS) is 12.2. The van der Waals surface area contributed by atoms with Crippen LogP contribution in [0.3, 0.4) is 0 Å². The lowest BCUT2D eigenvalue weighted by Gasteiger charge is -2.18. The molecule has 0 fully saturated rings. The number of allylic oxidation sites excluding steroid dienone is 6. The first-order valence-electron chi connectivity index (χ1n) is 35.0. The Kier molecular flexibility index (Phi) is 65.1. The molecule has 458 valence electrons. The van der Waals surface area contributed by atoms with Crippen LogP contribution in [0.5, 0.6) is 0 Å². The Bertz CT molecular complexity index is 1300. The van der Waals surface area contributed by atoms with E-state index < -0.39 is 6.10 Å². The summed E-state index contributed by atoms with van der Waals surface area (Å²) in [6.07, 6.45) is 83.2. The summed E-state index contributed by atoms with van der Waals surface area (Å²) in [6, 6.07) is 0. The smallest absolute Gasteiger partial charge is 0.306 e. The minimum Gasteiger partial charge on any atom is -0.462 e. The molecular weight excluding hydrogens is 961 g/mol. The van der Waals surface area contributed by atoms with Gasteiger partial charge in [0.15, 0.2) is 6.10 Å². The summed E-state index contributed by atoms with van der Waals surface area (Å²) in [5, 5.41) is 0. The van der Waals surface area contributed by atoms with Crippen LogP contribution in [0.2, 0.25) is 0 Å². The fourth-order valence-corrected chi connectivity index (χ4v) is 10.6. The second-order valence-corrected chi connectivity index (χ2v) is 23.8. The van der Waals surface area contributed by atoms with Crippen molar-refractivity contribution in [3.05, 3.63) is 36.5 Å². The molecule has 0 aromatic rings. The highest BCUT2D eigenvalue weighted by molar-refractivity contribution is 5.71. The third kappa shape index (κ3) is 64.5. The van der Waals surface area contributed by atoms with E-state index in [1.807, 2.05) is 0 Å². The van der Waals surface area contributed by atoms with E-state index >= 15 is 0 Å². The fourth-order valence-electron chi connectivity index (χ4n) is 10.6. The lowest BCUT2D eigenvalue weighted by Crippen LogP contribution is -2.30. The van der Waals surface area contributed by atoms with E-state index in [4.69, 9.17) is 14.2 Å². The summed E-state index contributed by atoms with van der Waals surface area (Å²) in [5.74, 6) is -0.850. The van der Waals surface area contributed by atoms with Crippen molar-refractivity contribution < 1.29 is 28.6 Å². The number of rotatable bonds is 65. The average molecular weight is 1100 g/mol. The van der Waals surface area contributed by atoms with E-state index in [1.165, 1.54) is 276 Å². The van der Waals surface area contributed by atoms with E-state index in [9.17, 15) is 14.4 Å². The number of unbranched alkanes of at least 4 members (excludes halogenated alkanes) is 48. The Morgan fingerprint density at radius 2 is 0.462 bits per heavy atom. The minimum absolute atomic E-state index is 0.0701. The molecule has 0 saturated heterocycles. The number of carbonyl (C=O) groups is 3. The largest absolute Gasteiger partial charge is 0.462 e. The van der Waals surface area contributed by atoms with Crippen molar-refractivity contribution >= 4 is 17.9 Å². The van der Waals surface area contributed by atoms with Crippen molar-refractivity contribution in [2.75, 3.05) is 13.2 Å². The number of esters is 3.